The van der Waals surface area contributed by atoms with Crippen LogP contribution >= 0.6 is 0 Å². The minimum Gasteiger partial charge on any atom is -0.464 e. The molecule has 2 aromatic rings. The molecule has 33 heavy (non-hydrogen) atoms. The van der Waals surface area contributed by atoms with Crippen LogP contribution in [0.15, 0.2) is 24.3 Å². The number of anilines is 1. The van der Waals surface area contributed by atoms with Gasteiger partial charge in [-0.1, -0.05) is 37.8 Å². The SMILES string of the molecule is COC(=O)c1cc2n(n1)C[C@](C)(C(=O)NC1CCCCCC1)N(c1cc(C)ccc1C)C2=O. The minimum absolute atomic E-state index is 0.0511. The number of benzene rings is 1. The van der Waals surface area contributed by atoms with E-state index in [1.54, 1.807) is 11.8 Å². The van der Waals surface area contributed by atoms with Crippen molar-refractivity contribution < 1.29 is 19.1 Å². The highest BCUT2D eigenvalue weighted by Gasteiger charge is 2.50. The van der Waals surface area contributed by atoms with Crippen LogP contribution in [0.5, 0.6) is 0 Å². The molecule has 176 valence electrons. The number of aryl methyl sites for hydroxylation is 2. The maximum atomic E-state index is 13.8. The number of esters is 1. The Morgan fingerprint density at radius 1 is 1.12 bits per heavy atom. The van der Waals surface area contributed by atoms with Crippen LogP contribution in [-0.4, -0.2) is 46.3 Å². The zero-order valence-corrected chi connectivity index (χ0v) is 19.8. The van der Waals surface area contributed by atoms with Gasteiger partial charge >= 0.3 is 5.97 Å². The average molecular weight is 453 g/mol. The van der Waals surface area contributed by atoms with Gasteiger partial charge in [0, 0.05) is 17.8 Å². The van der Waals surface area contributed by atoms with Crippen molar-refractivity contribution in [2.24, 2.45) is 0 Å². The van der Waals surface area contributed by atoms with E-state index in [0.29, 0.717) is 5.69 Å². The molecule has 1 fully saturated rings. The lowest BCUT2D eigenvalue weighted by atomic mass is 9.92. The summed E-state index contributed by atoms with van der Waals surface area (Å²) in [6.45, 7) is 5.80. The molecule has 2 amide bonds. The van der Waals surface area contributed by atoms with Crippen molar-refractivity contribution in [3.05, 3.63) is 46.8 Å². The Kier molecular flexibility index (Phi) is 6.28. The number of hydrogen-bond acceptors (Lipinski definition) is 5. The molecule has 1 atom stereocenters. The van der Waals surface area contributed by atoms with Crippen LogP contribution in [0.1, 0.15) is 77.6 Å². The van der Waals surface area contributed by atoms with E-state index in [9.17, 15) is 14.4 Å². The Morgan fingerprint density at radius 2 is 1.82 bits per heavy atom. The zero-order chi connectivity index (χ0) is 23.8. The number of nitrogens with zero attached hydrogens (tertiary/aromatic N) is 3. The number of amides is 2. The molecule has 1 aliphatic carbocycles. The number of carbonyl (C=O) groups is 3. The van der Waals surface area contributed by atoms with Crippen molar-refractivity contribution in [3.63, 3.8) is 0 Å². The molecule has 2 aliphatic rings. The molecular weight excluding hydrogens is 420 g/mol. The summed E-state index contributed by atoms with van der Waals surface area (Å²) in [7, 11) is 1.27. The van der Waals surface area contributed by atoms with Crippen molar-refractivity contribution in [1.82, 2.24) is 15.1 Å². The number of carbonyl (C=O) groups excluding carboxylic acids is 3. The Morgan fingerprint density at radius 3 is 2.48 bits per heavy atom. The van der Waals surface area contributed by atoms with E-state index in [4.69, 9.17) is 4.74 Å². The Hall–Kier alpha value is -3.16. The van der Waals surface area contributed by atoms with E-state index >= 15 is 0 Å². The Labute approximate surface area is 194 Å². The number of nitrogens with one attached hydrogen (secondary N) is 1. The molecule has 4 rings (SSSR count). The van der Waals surface area contributed by atoms with Gasteiger partial charge in [-0.3, -0.25) is 19.2 Å². The van der Waals surface area contributed by atoms with Crippen LogP contribution in [0, 0.1) is 13.8 Å². The lowest BCUT2D eigenvalue weighted by Crippen LogP contribution is -2.65. The van der Waals surface area contributed by atoms with Crippen LogP contribution in [0.4, 0.5) is 5.69 Å². The maximum absolute atomic E-state index is 13.8. The first-order chi connectivity index (χ1) is 15.7. The van der Waals surface area contributed by atoms with E-state index in [1.165, 1.54) is 30.7 Å². The number of fused-ring (bicyclic) bond motifs is 1. The summed E-state index contributed by atoms with van der Waals surface area (Å²) in [5.41, 5.74) is 1.67. The lowest BCUT2D eigenvalue weighted by molar-refractivity contribution is -0.127. The van der Waals surface area contributed by atoms with Gasteiger partial charge in [0.2, 0.25) is 5.91 Å². The monoisotopic (exact) mass is 452 g/mol. The van der Waals surface area contributed by atoms with Gasteiger partial charge in [0.15, 0.2) is 5.69 Å². The number of ether oxygens (including phenoxy) is 1. The summed E-state index contributed by atoms with van der Waals surface area (Å²) in [6, 6.07) is 7.40. The van der Waals surface area contributed by atoms with Crippen LogP contribution in [0.3, 0.4) is 0 Å². The second-order valence-corrected chi connectivity index (χ2v) is 9.43. The second-order valence-electron chi connectivity index (χ2n) is 9.43. The molecular formula is C25H32N4O4. The number of methoxy groups -OCH3 is 1. The molecule has 8 nitrogen and oxygen atoms in total. The molecule has 1 N–H and O–H groups in total. The Balaban J connectivity index is 1.78. The van der Waals surface area contributed by atoms with Crippen LogP contribution < -0.4 is 10.2 Å². The average Bonchev–Trinajstić information content (AvgIpc) is 3.04. The molecule has 0 radical (unpaired) electrons. The predicted octanol–water partition coefficient (Wildman–Crippen LogP) is 3.54. The first kappa shape index (κ1) is 23.0. The molecule has 1 aromatic heterocycles. The van der Waals surface area contributed by atoms with E-state index in [1.807, 2.05) is 32.0 Å². The largest absolute Gasteiger partial charge is 0.464 e. The molecule has 0 unspecified atom stereocenters. The lowest BCUT2D eigenvalue weighted by Gasteiger charge is -2.44. The molecule has 0 spiro atoms. The predicted molar refractivity (Wildman–Crippen MR) is 124 cm³/mol. The van der Waals surface area contributed by atoms with Gasteiger partial charge in [0.25, 0.3) is 5.91 Å². The molecule has 8 heteroatoms. The fourth-order valence-corrected chi connectivity index (χ4v) is 4.89. The Bertz CT molecular complexity index is 1080. The van der Waals surface area contributed by atoms with Crippen molar-refractivity contribution in [3.8, 4) is 0 Å². The third-order valence-corrected chi connectivity index (χ3v) is 6.83. The van der Waals surface area contributed by atoms with Gasteiger partial charge in [-0.15, -0.1) is 0 Å². The molecule has 0 saturated heterocycles. The number of rotatable bonds is 4. The van der Waals surface area contributed by atoms with Gasteiger partial charge in [-0.25, -0.2) is 4.79 Å². The van der Waals surface area contributed by atoms with Gasteiger partial charge in [0.1, 0.15) is 11.2 Å². The topological polar surface area (TPSA) is 93.5 Å². The van der Waals surface area contributed by atoms with Crippen molar-refractivity contribution in [2.45, 2.75) is 77.4 Å². The first-order valence-corrected chi connectivity index (χ1v) is 11.6. The standard InChI is InChI=1S/C25H32N4O4/c1-16-11-12-17(2)20(13-16)29-22(30)21-14-19(23(31)33-4)27-28(21)15-25(29,3)24(32)26-18-9-7-5-6-8-10-18/h11-14,18H,5-10,15H2,1-4H3,(H,26,32)/t25-/m1/s1. The smallest absolute Gasteiger partial charge is 0.358 e. The minimum atomic E-state index is -1.21. The fourth-order valence-electron chi connectivity index (χ4n) is 4.89. The molecule has 1 aliphatic heterocycles. The maximum Gasteiger partial charge on any atom is 0.358 e. The van der Waals surface area contributed by atoms with Crippen LogP contribution in [0.25, 0.3) is 0 Å². The summed E-state index contributed by atoms with van der Waals surface area (Å²) >= 11 is 0. The highest BCUT2D eigenvalue weighted by Crippen LogP contribution is 2.35. The summed E-state index contributed by atoms with van der Waals surface area (Å²) in [5.74, 6) is -1.19. The molecule has 1 saturated carbocycles. The van der Waals surface area contributed by atoms with Gasteiger partial charge < -0.3 is 10.1 Å². The van der Waals surface area contributed by atoms with Crippen LogP contribution in [-0.2, 0) is 16.1 Å². The van der Waals surface area contributed by atoms with E-state index in [0.717, 1.165) is 36.8 Å². The second kappa shape index (κ2) is 9.00. The number of hydrogen-bond donors (Lipinski definition) is 1. The van der Waals surface area contributed by atoms with E-state index in [2.05, 4.69) is 10.4 Å². The summed E-state index contributed by atoms with van der Waals surface area (Å²) < 4.78 is 6.25. The summed E-state index contributed by atoms with van der Waals surface area (Å²) in [6.07, 6.45) is 6.44. The number of aromatic nitrogens is 2. The van der Waals surface area contributed by atoms with E-state index in [-0.39, 0.29) is 35.8 Å². The van der Waals surface area contributed by atoms with Crippen molar-refractivity contribution >= 4 is 23.5 Å². The van der Waals surface area contributed by atoms with Crippen molar-refractivity contribution in [2.75, 3.05) is 12.0 Å². The van der Waals surface area contributed by atoms with Gasteiger partial charge in [-0.05, 0) is 50.8 Å². The zero-order valence-electron chi connectivity index (χ0n) is 19.8. The normalized spacial score (nSPS) is 21.3. The summed E-state index contributed by atoms with van der Waals surface area (Å²) in [4.78, 5) is 41.3. The third-order valence-electron chi connectivity index (χ3n) is 6.83. The molecule has 0 bridgehead atoms. The third kappa shape index (κ3) is 4.26. The van der Waals surface area contributed by atoms with Gasteiger partial charge in [0.05, 0.1) is 13.7 Å². The van der Waals surface area contributed by atoms with Gasteiger partial charge in [-0.2, -0.15) is 5.10 Å². The summed E-state index contributed by atoms with van der Waals surface area (Å²) in [5, 5.41) is 7.52. The van der Waals surface area contributed by atoms with Crippen LogP contribution in [0.2, 0.25) is 0 Å². The van der Waals surface area contributed by atoms with Crippen molar-refractivity contribution in [1.29, 1.82) is 0 Å². The first-order valence-electron chi connectivity index (χ1n) is 11.6. The highest BCUT2D eigenvalue weighted by molar-refractivity contribution is 6.12. The molecule has 1 aromatic carbocycles. The highest BCUT2D eigenvalue weighted by atomic mass is 16.5. The van der Waals surface area contributed by atoms with E-state index < -0.39 is 11.5 Å². The fraction of sp³-hybridized carbons (Fsp3) is 0.520. The quantitative estimate of drug-likeness (QED) is 0.566. The molecule has 2 heterocycles.